The minimum absolute atomic E-state index is 0.0773. The Morgan fingerprint density at radius 1 is 0.611 bits per heavy atom. The molecule has 0 saturated carbocycles. The molecule has 0 atom stereocenters. The lowest BCUT2D eigenvalue weighted by Crippen LogP contribution is -2.02. The molecule has 0 unspecified atom stereocenters. The lowest BCUT2D eigenvalue weighted by atomic mass is 10.4. The van der Waals surface area contributed by atoms with Crippen molar-refractivity contribution in [3.05, 3.63) is 79.3 Å². The van der Waals surface area contributed by atoms with E-state index in [1.165, 1.54) is 14.7 Å². The summed E-state index contributed by atoms with van der Waals surface area (Å²) < 4.78 is 5.25. The molecule has 0 amide bonds. The lowest BCUT2D eigenvalue weighted by molar-refractivity contribution is 0.561. The monoisotopic (exact) mass is 253 g/mol. The van der Waals surface area contributed by atoms with Crippen molar-refractivity contribution in [2.45, 2.75) is 14.7 Å². The summed E-state index contributed by atoms with van der Waals surface area (Å²) in [6.07, 6.45) is 3.57. The van der Waals surface area contributed by atoms with Gasteiger partial charge in [0.2, 0.25) is 4.90 Å². The first-order valence-corrected chi connectivity index (χ1v) is 7.04. The zero-order valence-corrected chi connectivity index (χ0v) is 10.6. The van der Waals surface area contributed by atoms with Crippen LogP contribution in [0.25, 0.3) is 0 Å². The number of rotatable bonds is 3. The minimum Gasteiger partial charge on any atom is -0.467 e. The van der Waals surface area contributed by atoms with E-state index in [2.05, 4.69) is 48.5 Å². The van der Waals surface area contributed by atoms with Crippen LogP contribution in [0.4, 0.5) is 0 Å². The molecule has 1 heterocycles. The van der Waals surface area contributed by atoms with Gasteiger partial charge in [-0.3, -0.25) is 0 Å². The molecule has 0 saturated heterocycles. The number of furan rings is 1. The zero-order valence-electron chi connectivity index (χ0n) is 9.82. The molecule has 1 aromatic heterocycles. The second kappa shape index (κ2) is 5.15. The number of hydrogen-bond donors (Lipinski definition) is 0. The molecule has 1 nitrogen and oxygen atoms in total. The molecule has 0 radical (unpaired) electrons. The molecule has 0 aliphatic rings. The van der Waals surface area contributed by atoms with Gasteiger partial charge in [0, 0.05) is 6.07 Å². The Bertz CT molecular complexity index is 548. The fourth-order valence-electron chi connectivity index (χ4n) is 1.89. The smallest absolute Gasteiger partial charge is 0.204 e. The molecule has 0 fully saturated rings. The van der Waals surface area contributed by atoms with Gasteiger partial charge < -0.3 is 4.42 Å². The lowest BCUT2D eigenvalue weighted by Gasteiger charge is -2.04. The van der Waals surface area contributed by atoms with Crippen molar-refractivity contribution in [1.29, 1.82) is 0 Å². The predicted molar refractivity (Wildman–Crippen MR) is 73.8 cm³/mol. The van der Waals surface area contributed by atoms with Crippen molar-refractivity contribution >= 4 is 10.9 Å². The van der Waals surface area contributed by atoms with E-state index in [4.69, 9.17) is 4.42 Å². The summed E-state index contributed by atoms with van der Waals surface area (Å²) in [5, 5.41) is 0. The second-order valence-corrected chi connectivity index (χ2v) is 5.92. The highest BCUT2D eigenvalue weighted by molar-refractivity contribution is 7.97. The van der Waals surface area contributed by atoms with Gasteiger partial charge in [-0.05, 0) is 24.3 Å². The molecule has 0 spiro atoms. The van der Waals surface area contributed by atoms with Gasteiger partial charge in [-0.25, -0.2) is 0 Å². The Kier molecular flexibility index (Phi) is 3.20. The molecule has 2 heteroatoms. The van der Waals surface area contributed by atoms with Crippen LogP contribution in [0.5, 0.6) is 0 Å². The summed E-state index contributed by atoms with van der Waals surface area (Å²) in [7, 11) is -0.0773. The Hall–Kier alpha value is -1.93. The average molecular weight is 253 g/mol. The molecule has 2 aromatic carbocycles. The van der Waals surface area contributed by atoms with Gasteiger partial charge >= 0.3 is 0 Å². The van der Waals surface area contributed by atoms with Crippen LogP contribution in [0, 0.1) is 0 Å². The summed E-state index contributed by atoms with van der Waals surface area (Å²) in [6, 6.07) is 23.1. The standard InChI is InChI=1S/C16H13OS/c1-3-7-14(8-4-1)18(16-11-12-17-13-16)15-9-5-2-6-10-15/h1-13H/q+1. The van der Waals surface area contributed by atoms with Crippen LogP contribution in [-0.2, 0) is 10.9 Å². The SMILES string of the molecule is c1ccc([S+](c2ccccc2)c2ccoc2)cc1. The molecule has 0 bridgehead atoms. The first-order valence-electron chi connectivity index (χ1n) is 5.82. The molecule has 0 aliphatic carbocycles. The van der Waals surface area contributed by atoms with Gasteiger partial charge in [0.25, 0.3) is 0 Å². The molecular formula is C16H13OS+. The highest BCUT2D eigenvalue weighted by Gasteiger charge is 2.28. The summed E-state index contributed by atoms with van der Waals surface area (Å²) in [5.41, 5.74) is 0. The maximum atomic E-state index is 5.25. The second-order valence-electron chi connectivity index (χ2n) is 3.89. The Morgan fingerprint density at radius 3 is 1.61 bits per heavy atom. The van der Waals surface area contributed by atoms with Gasteiger partial charge in [0.05, 0.1) is 6.26 Å². The largest absolute Gasteiger partial charge is 0.467 e. The molecule has 0 aliphatic heterocycles. The minimum atomic E-state index is -0.0773. The van der Waals surface area contributed by atoms with Crippen molar-refractivity contribution in [3.8, 4) is 0 Å². The number of hydrogen-bond acceptors (Lipinski definition) is 1. The van der Waals surface area contributed by atoms with E-state index < -0.39 is 0 Å². The fourth-order valence-corrected chi connectivity index (χ4v) is 3.91. The van der Waals surface area contributed by atoms with Crippen LogP contribution in [0.3, 0.4) is 0 Å². The Balaban J connectivity index is 2.11. The molecule has 3 aromatic rings. The van der Waals surface area contributed by atoms with E-state index in [-0.39, 0.29) is 10.9 Å². The summed E-state index contributed by atoms with van der Waals surface area (Å²) in [4.78, 5) is 3.84. The highest BCUT2D eigenvalue weighted by Crippen LogP contribution is 2.30. The van der Waals surface area contributed by atoms with E-state index in [1.54, 1.807) is 6.26 Å². The van der Waals surface area contributed by atoms with Gasteiger partial charge in [-0.15, -0.1) is 0 Å². The average Bonchev–Trinajstić information content (AvgIpc) is 2.95. The fraction of sp³-hybridized carbons (Fsp3) is 0. The van der Waals surface area contributed by atoms with Crippen LogP contribution >= 0.6 is 0 Å². The van der Waals surface area contributed by atoms with Crippen LogP contribution in [0.2, 0.25) is 0 Å². The molecule has 88 valence electrons. The maximum absolute atomic E-state index is 5.25. The van der Waals surface area contributed by atoms with Gasteiger partial charge in [0.1, 0.15) is 17.2 Å². The van der Waals surface area contributed by atoms with Crippen molar-refractivity contribution in [1.82, 2.24) is 0 Å². The van der Waals surface area contributed by atoms with Crippen LogP contribution < -0.4 is 0 Å². The quantitative estimate of drug-likeness (QED) is 0.631. The van der Waals surface area contributed by atoms with Gasteiger partial charge in [-0.2, -0.15) is 0 Å². The van der Waals surface area contributed by atoms with E-state index in [1.807, 2.05) is 24.5 Å². The van der Waals surface area contributed by atoms with Crippen LogP contribution in [0.1, 0.15) is 0 Å². The first-order chi connectivity index (χ1) is 8.95. The van der Waals surface area contributed by atoms with Crippen molar-refractivity contribution in [2.75, 3.05) is 0 Å². The van der Waals surface area contributed by atoms with Crippen molar-refractivity contribution < 1.29 is 4.42 Å². The third-order valence-corrected chi connectivity index (χ3v) is 4.88. The topological polar surface area (TPSA) is 13.1 Å². The normalized spacial score (nSPS) is 10.7. The maximum Gasteiger partial charge on any atom is 0.204 e. The van der Waals surface area contributed by atoms with Crippen molar-refractivity contribution in [3.63, 3.8) is 0 Å². The highest BCUT2D eigenvalue weighted by atomic mass is 32.2. The zero-order chi connectivity index (χ0) is 12.2. The summed E-state index contributed by atoms with van der Waals surface area (Å²) in [6.45, 7) is 0. The van der Waals surface area contributed by atoms with E-state index in [9.17, 15) is 0 Å². The van der Waals surface area contributed by atoms with Crippen LogP contribution in [0.15, 0.2) is 98.4 Å². The Labute approximate surface area is 109 Å². The first kappa shape index (κ1) is 11.2. The third-order valence-electron chi connectivity index (χ3n) is 2.69. The molecule has 3 rings (SSSR count). The van der Waals surface area contributed by atoms with E-state index in [0.29, 0.717) is 0 Å². The van der Waals surface area contributed by atoms with E-state index in [0.717, 1.165) is 0 Å². The van der Waals surface area contributed by atoms with Crippen LogP contribution in [-0.4, -0.2) is 0 Å². The molecule has 0 N–H and O–H groups in total. The summed E-state index contributed by atoms with van der Waals surface area (Å²) in [5.74, 6) is 0. The van der Waals surface area contributed by atoms with Gasteiger partial charge in [-0.1, -0.05) is 36.4 Å². The summed E-state index contributed by atoms with van der Waals surface area (Å²) >= 11 is 0. The predicted octanol–water partition coefficient (Wildman–Crippen LogP) is 4.38. The molecular weight excluding hydrogens is 240 g/mol. The molecule has 18 heavy (non-hydrogen) atoms. The Morgan fingerprint density at radius 2 is 1.17 bits per heavy atom. The van der Waals surface area contributed by atoms with E-state index >= 15 is 0 Å². The van der Waals surface area contributed by atoms with Crippen molar-refractivity contribution in [2.24, 2.45) is 0 Å². The van der Waals surface area contributed by atoms with Gasteiger partial charge in [0.15, 0.2) is 9.79 Å². The third kappa shape index (κ3) is 2.20. The number of benzene rings is 2.